The molecule has 4 nitrogen and oxygen atoms in total. The smallest absolute Gasteiger partial charge is 0.355 e. The number of halogens is 1. The van der Waals surface area contributed by atoms with Gasteiger partial charge in [-0.2, -0.15) is 0 Å². The quantitative estimate of drug-likeness (QED) is 0.770. The van der Waals surface area contributed by atoms with Gasteiger partial charge in [-0.25, -0.2) is 9.79 Å². The zero-order valence-corrected chi connectivity index (χ0v) is 10.1. The summed E-state index contributed by atoms with van der Waals surface area (Å²) in [4.78, 5) is 14.8. The van der Waals surface area contributed by atoms with Crippen molar-refractivity contribution < 1.29 is 14.6 Å². The van der Waals surface area contributed by atoms with E-state index in [0.29, 0.717) is 12.2 Å². The van der Waals surface area contributed by atoms with Gasteiger partial charge < -0.3 is 9.84 Å². The SMILES string of the molecule is C=C1/C=C\C(OC)=C/C/C=C(Cl)\N=C/1C(=O)O. The summed E-state index contributed by atoms with van der Waals surface area (Å²) in [6, 6.07) is 0. The second kappa shape index (κ2) is 6.06. The summed E-state index contributed by atoms with van der Waals surface area (Å²) in [7, 11) is 1.53. The molecular formula is C12H12ClNO3. The Hall–Kier alpha value is -1.81. The molecule has 0 fully saturated rings. The number of allylic oxidation sites excluding steroid dienone is 4. The number of aliphatic imine (C=N–C) groups is 1. The fourth-order valence-electron chi connectivity index (χ4n) is 1.16. The average molecular weight is 254 g/mol. The van der Waals surface area contributed by atoms with Crippen LogP contribution in [0.25, 0.3) is 0 Å². The predicted octanol–water partition coefficient (Wildman–Crippen LogP) is 2.64. The Morgan fingerprint density at radius 3 is 2.82 bits per heavy atom. The van der Waals surface area contributed by atoms with E-state index in [0.717, 1.165) is 0 Å². The highest BCUT2D eigenvalue weighted by Crippen LogP contribution is 2.13. The summed E-state index contributed by atoms with van der Waals surface area (Å²) in [5, 5.41) is 9.09. The topological polar surface area (TPSA) is 58.9 Å². The Morgan fingerprint density at radius 1 is 1.53 bits per heavy atom. The van der Waals surface area contributed by atoms with E-state index >= 15 is 0 Å². The number of rotatable bonds is 2. The van der Waals surface area contributed by atoms with Crippen LogP contribution in [0, 0.1) is 0 Å². The van der Waals surface area contributed by atoms with Crippen molar-refractivity contribution in [3.05, 3.63) is 47.4 Å². The highest BCUT2D eigenvalue weighted by molar-refractivity contribution is 6.44. The first-order valence-electron chi connectivity index (χ1n) is 4.83. The summed E-state index contributed by atoms with van der Waals surface area (Å²) in [5.74, 6) is -0.562. The minimum Gasteiger partial charge on any atom is -0.497 e. The number of carboxylic acid groups (broad SMARTS) is 1. The van der Waals surface area contributed by atoms with Crippen LogP contribution in [0.1, 0.15) is 6.42 Å². The number of hydrogen-bond donors (Lipinski definition) is 1. The molecule has 5 heteroatoms. The monoisotopic (exact) mass is 253 g/mol. The third-order valence-electron chi connectivity index (χ3n) is 2.02. The highest BCUT2D eigenvalue weighted by atomic mass is 35.5. The molecule has 1 N–H and O–H groups in total. The second-order valence-corrected chi connectivity index (χ2v) is 3.58. The zero-order valence-electron chi connectivity index (χ0n) is 9.31. The minimum atomic E-state index is -1.17. The summed E-state index contributed by atoms with van der Waals surface area (Å²) >= 11 is 5.79. The largest absolute Gasteiger partial charge is 0.497 e. The fraction of sp³-hybridized carbons (Fsp3) is 0.167. The minimum absolute atomic E-state index is 0.116. The fourth-order valence-corrected chi connectivity index (χ4v) is 1.34. The summed E-state index contributed by atoms with van der Waals surface area (Å²) in [5.41, 5.74) is 0.0775. The first-order chi connectivity index (χ1) is 8.04. The molecule has 1 aliphatic heterocycles. The molecule has 0 bridgehead atoms. The molecule has 1 heterocycles. The lowest BCUT2D eigenvalue weighted by Crippen LogP contribution is -2.14. The summed E-state index contributed by atoms with van der Waals surface area (Å²) < 4.78 is 5.08. The van der Waals surface area contributed by atoms with Gasteiger partial charge in [0, 0.05) is 5.57 Å². The van der Waals surface area contributed by atoms with Crippen molar-refractivity contribution in [2.45, 2.75) is 6.42 Å². The van der Waals surface area contributed by atoms with E-state index < -0.39 is 5.97 Å². The average Bonchev–Trinajstić information content (AvgIpc) is 2.29. The van der Waals surface area contributed by atoms with Crippen molar-refractivity contribution in [3.8, 4) is 0 Å². The van der Waals surface area contributed by atoms with Gasteiger partial charge in [-0.3, -0.25) is 0 Å². The molecule has 1 rings (SSSR count). The molecule has 0 aromatic carbocycles. The maximum absolute atomic E-state index is 11.0. The number of carboxylic acids is 1. The van der Waals surface area contributed by atoms with Gasteiger partial charge in [-0.15, -0.1) is 0 Å². The van der Waals surface area contributed by atoms with Gasteiger partial charge in [0.05, 0.1) is 7.11 Å². The van der Waals surface area contributed by atoms with Crippen LogP contribution in [-0.4, -0.2) is 23.9 Å². The molecule has 0 radical (unpaired) electrons. The third kappa shape index (κ3) is 3.92. The Morgan fingerprint density at radius 2 is 2.24 bits per heavy atom. The van der Waals surface area contributed by atoms with E-state index in [4.69, 9.17) is 21.4 Å². The van der Waals surface area contributed by atoms with E-state index in [2.05, 4.69) is 11.6 Å². The number of hydrogen-bond acceptors (Lipinski definition) is 3. The third-order valence-corrected chi connectivity index (χ3v) is 2.25. The number of ether oxygens (including phenoxy) is 1. The van der Waals surface area contributed by atoms with Crippen LogP contribution < -0.4 is 0 Å². The van der Waals surface area contributed by atoms with Crippen molar-refractivity contribution in [2.75, 3.05) is 7.11 Å². The maximum Gasteiger partial charge on any atom is 0.355 e. The Labute approximate surface area is 104 Å². The van der Waals surface area contributed by atoms with Crippen LogP contribution >= 0.6 is 11.6 Å². The molecule has 0 saturated heterocycles. The second-order valence-electron chi connectivity index (χ2n) is 3.20. The van der Waals surface area contributed by atoms with E-state index in [9.17, 15) is 4.79 Å². The van der Waals surface area contributed by atoms with Crippen LogP contribution in [0.15, 0.2) is 52.4 Å². The van der Waals surface area contributed by atoms with E-state index in [1.165, 1.54) is 13.2 Å². The van der Waals surface area contributed by atoms with Crippen LogP contribution in [0.2, 0.25) is 0 Å². The lowest BCUT2D eigenvalue weighted by molar-refractivity contribution is -0.129. The van der Waals surface area contributed by atoms with Crippen molar-refractivity contribution in [2.24, 2.45) is 4.99 Å². The molecule has 0 unspecified atom stereocenters. The van der Waals surface area contributed by atoms with Crippen molar-refractivity contribution in [1.29, 1.82) is 0 Å². The maximum atomic E-state index is 11.0. The van der Waals surface area contributed by atoms with Gasteiger partial charge in [0.25, 0.3) is 0 Å². The molecule has 0 spiro atoms. The first-order valence-corrected chi connectivity index (χ1v) is 5.21. The van der Waals surface area contributed by atoms with Gasteiger partial charge in [0.1, 0.15) is 10.9 Å². The Kier molecular flexibility index (Phi) is 4.72. The number of carbonyl (C=O) groups is 1. The molecule has 0 aromatic heterocycles. The molecule has 17 heavy (non-hydrogen) atoms. The van der Waals surface area contributed by atoms with Gasteiger partial charge in [0.15, 0.2) is 5.71 Å². The van der Waals surface area contributed by atoms with Crippen LogP contribution in [0.5, 0.6) is 0 Å². The Bertz CT molecular complexity index is 458. The summed E-state index contributed by atoms with van der Waals surface area (Å²) in [6.45, 7) is 3.63. The Balaban J connectivity index is 3.16. The standard InChI is InChI=1S/C12H12ClNO3/c1-8-6-7-9(17-2)4-3-5-10(13)14-11(8)12(15)16/h4-7H,1,3H2,2H3,(H,15,16)/b7-6-,9-4+,10-5-,14-11+. The molecule has 0 aliphatic carbocycles. The van der Waals surface area contributed by atoms with Gasteiger partial charge in [-0.05, 0) is 30.7 Å². The molecule has 1 aliphatic rings. The molecular weight excluding hydrogens is 242 g/mol. The predicted molar refractivity (Wildman–Crippen MR) is 67.0 cm³/mol. The van der Waals surface area contributed by atoms with Crippen molar-refractivity contribution >= 4 is 23.3 Å². The highest BCUT2D eigenvalue weighted by Gasteiger charge is 2.12. The number of methoxy groups -OCH3 is 1. The molecule has 0 atom stereocenters. The van der Waals surface area contributed by atoms with E-state index in [1.807, 2.05) is 0 Å². The van der Waals surface area contributed by atoms with Gasteiger partial charge in [-0.1, -0.05) is 18.2 Å². The van der Waals surface area contributed by atoms with Crippen molar-refractivity contribution in [1.82, 2.24) is 0 Å². The van der Waals surface area contributed by atoms with Crippen LogP contribution in [-0.2, 0) is 9.53 Å². The van der Waals surface area contributed by atoms with Crippen LogP contribution in [0.4, 0.5) is 0 Å². The first kappa shape index (κ1) is 13.3. The number of aliphatic carboxylic acids is 1. The normalized spacial score (nSPS) is 27.9. The zero-order chi connectivity index (χ0) is 12.8. The molecule has 0 aromatic rings. The van der Waals surface area contributed by atoms with E-state index in [1.54, 1.807) is 18.2 Å². The molecule has 0 saturated carbocycles. The van der Waals surface area contributed by atoms with Crippen molar-refractivity contribution in [3.63, 3.8) is 0 Å². The molecule has 90 valence electrons. The van der Waals surface area contributed by atoms with Gasteiger partial charge in [0.2, 0.25) is 0 Å². The lowest BCUT2D eigenvalue weighted by atomic mass is 10.1. The molecule has 0 amide bonds. The van der Waals surface area contributed by atoms with Gasteiger partial charge >= 0.3 is 5.97 Å². The number of nitrogens with zero attached hydrogens (tertiary/aromatic N) is 1. The lowest BCUT2D eigenvalue weighted by Gasteiger charge is -2.04. The summed E-state index contributed by atoms with van der Waals surface area (Å²) in [6.07, 6.45) is 7.06. The van der Waals surface area contributed by atoms with E-state index in [-0.39, 0.29) is 16.4 Å². The van der Waals surface area contributed by atoms with Crippen LogP contribution in [0.3, 0.4) is 0 Å².